The van der Waals surface area contributed by atoms with E-state index < -0.39 is 81.1 Å². The van der Waals surface area contributed by atoms with E-state index in [-0.39, 0.29) is 5.03 Å². The standard InChI is InChI=1S/C34H28F6N4O4S2/c1-3-42(4-2)19-15-13-18(14-16-19)25-26-27(30(47)44(29(26)46)23-12-8-6-10-21(23)34(38,39)40)49-31-28(25)50-32(48)43(31)17-24(45)41-22-11-7-5-9-20(22)33(35,36)37/h5-16,25-27H,3-4,17H2,1-2H3,(H,41,45)/t25-,26-,27+/m0/s1. The van der Waals surface area contributed by atoms with Crippen molar-refractivity contribution >= 4 is 57.9 Å². The first kappa shape index (κ1) is 35.3. The lowest BCUT2D eigenvalue weighted by atomic mass is 9.83. The molecule has 0 spiro atoms. The van der Waals surface area contributed by atoms with E-state index in [1.165, 1.54) is 12.1 Å². The van der Waals surface area contributed by atoms with Gasteiger partial charge < -0.3 is 10.2 Å². The van der Waals surface area contributed by atoms with Crippen LogP contribution in [-0.4, -0.2) is 40.6 Å². The van der Waals surface area contributed by atoms with Crippen molar-refractivity contribution in [3.63, 3.8) is 0 Å². The number of nitrogens with zero attached hydrogens (tertiary/aromatic N) is 3. The van der Waals surface area contributed by atoms with E-state index in [0.29, 0.717) is 39.8 Å². The van der Waals surface area contributed by atoms with E-state index in [1.807, 2.05) is 26.0 Å². The minimum absolute atomic E-state index is 0.130. The Balaban J connectivity index is 1.43. The van der Waals surface area contributed by atoms with Crippen molar-refractivity contribution in [3.05, 3.63) is 104 Å². The van der Waals surface area contributed by atoms with Gasteiger partial charge in [0.15, 0.2) is 0 Å². The fourth-order valence-electron chi connectivity index (χ4n) is 6.41. The van der Waals surface area contributed by atoms with Crippen LogP contribution in [0.15, 0.2) is 82.6 Å². The highest BCUT2D eigenvalue weighted by Gasteiger charge is 2.57. The van der Waals surface area contributed by atoms with Gasteiger partial charge >= 0.3 is 17.2 Å². The Bertz CT molecular complexity index is 2020. The van der Waals surface area contributed by atoms with E-state index in [0.717, 1.165) is 58.4 Å². The molecule has 2 aliphatic rings. The smallest absolute Gasteiger partial charge is 0.372 e. The molecule has 0 unspecified atom stereocenters. The lowest BCUT2D eigenvalue weighted by Gasteiger charge is -2.31. The van der Waals surface area contributed by atoms with Gasteiger partial charge in [0.2, 0.25) is 17.7 Å². The summed E-state index contributed by atoms with van der Waals surface area (Å²) in [6.45, 7) is 4.62. The number of anilines is 3. The first-order valence-corrected chi connectivity index (χ1v) is 17.1. The number of hydrogen-bond acceptors (Lipinski definition) is 7. The van der Waals surface area contributed by atoms with Crippen molar-refractivity contribution in [2.24, 2.45) is 5.92 Å². The van der Waals surface area contributed by atoms with Crippen LogP contribution < -0.4 is 20.0 Å². The van der Waals surface area contributed by atoms with Gasteiger partial charge in [-0.05, 0) is 55.8 Å². The van der Waals surface area contributed by atoms with E-state index >= 15 is 0 Å². The maximum absolute atomic E-state index is 14.2. The van der Waals surface area contributed by atoms with Crippen molar-refractivity contribution in [1.82, 2.24) is 4.57 Å². The molecule has 6 rings (SSSR count). The Morgan fingerprint density at radius 3 is 2.04 bits per heavy atom. The molecule has 2 aliphatic heterocycles. The number of halogens is 6. The minimum Gasteiger partial charge on any atom is -0.372 e. The summed E-state index contributed by atoms with van der Waals surface area (Å²) in [5.74, 6) is -4.93. The van der Waals surface area contributed by atoms with E-state index in [1.54, 1.807) is 12.1 Å². The SMILES string of the molecule is CCN(CC)c1ccc([C@@H]2c3sc(=O)n(CC(=O)Nc4ccccc4C(F)(F)F)c3S[C@H]3C(=O)N(c4ccccc4C(F)(F)F)C(=O)[C@@H]23)cc1. The molecule has 1 N–H and O–H groups in total. The lowest BCUT2D eigenvalue weighted by Crippen LogP contribution is -2.33. The molecule has 8 nitrogen and oxygen atoms in total. The summed E-state index contributed by atoms with van der Waals surface area (Å²) in [7, 11) is 0. The van der Waals surface area contributed by atoms with Gasteiger partial charge in [-0.25, -0.2) is 4.90 Å². The van der Waals surface area contributed by atoms with Crippen molar-refractivity contribution in [1.29, 1.82) is 0 Å². The zero-order valence-corrected chi connectivity index (χ0v) is 28.0. The number of amides is 3. The molecular formula is C34H28F6N4O4S2. The summed E-state index contributed by atoms with van der Waals surface area (Å²) in [4.78, 5) is 57.0. The first-order valence-electron chi connectivity index (χ1n) is 15.4. The highest BCUT2D eigenvalue weighted by atomic mass is 32.2. The summed E-state index contributed by atoms with van der Waals surface area (Å²) < 4.78 is 84.0. The van der Waals surface area contributed by atoms with Crippen LogP contribution in [0.5, 0.6) is 0 Å². The number of rotatable bonds is 8. The van der Waals surface area contributed by atoms with Crippen molar-refractivity contribution in [2.75, 3.05) is 28.2 Å². The number of alkyl halides is 6. The minimum atomic E-state index is -4.88. The normalized spacial score (nSPS) is 19.0. The molecule has 3 amide bonds. The predicted octanol–water partition coefficient (Wildman–Crippen LogP) is 7.23. The number of aromatic nitrogens is 1. The fourth-order valence-corrected chi connectivity index (χ4v) is 9.19. The molecule has 3 atom stereocenters. The summed E-state index contributed by atoms with van der Waals surface area (Å²) in [5, 5.41) is 1.06. The van der Waals surface area contributed by atoms with E-state index in [4.69, 9.17) is 0 Å². The van der Waals surface area contributed by atoms with E-state index in [2.05, 4.69) is 10.2 Å². The molecule has 3 aromatic carbocycles. The largest absolute Gasteiger partial charge is 0.418 e. The molecule has 50 heavy (non-hydrogen) atoms. The summed E-state index contributed by atoms with van der Waals surface area (Å²) in [6.07, 6.45) is -9.65. The number of hydrogen-bond donors (Lipinski definition) is 1. The van der Waals surface area contributed by atoms with Gasteiger partial charge in [0, 0.05) is 29.6 Å². The van der Waals surface area contributed by atoms with Gasteiger partial charge in [-0.1, -0.05) is 59.5 Å². The predicted molar refractivity (Wildman–Crippen MR) is 178 cm³/mol. The fraction of sp³-hybridized carbons (Fsp3) is 0.294. The summed E-state index contributed by atoms with van der Waals surface area (Å²) >= 11 is 1.49. The third-order valence-electron chi connectivity index (χ3n) is 8.69. The molecule has 4 aromatic rings. The summed E-state index contributed by atoms with van der Waals surface area (Å²) in [6, 6.07) is 15.7. The third kappa shape index (κ3) is 6.30. The Labute approximate surface area is 289 Å². The molecular weight excluding hydrogens is 707 g/mol. The molecule has 1 fully saturated rings. The molecule has 0 aliphatic carbocycles. The molecule has 1 saturated heterocycles. The van der Waals surface area contributed by atoms with Gasteiger partial charge in [-0.3, -0.25) is 23.7 Å². The lowest BCUT2D eigenvalue weighted by molar-refractivity contribution is -0.138. The number of carbonyl (C=O) groups is 3. The quantitative estimate of drug-likeness (QED) is 0.152. The Morgan fingerprint density at radius 1 is 0.820 bits per heavy atom. The number of carbonyl (C=O) groups excluding carboxylic acids is 3. The Kier molecular flexibility index (Phi) is 9.37. The van der Waals surface area contributed by atoms with Gasteiger partial charge in [0.05, 0.1) is 33.4 Å². The van der Waals surface area contributed by atoms with Crippen LogP contribution in [-0.2, 0) is 33.3 Å². The molecule has 16 heteroatoms. The second-order valence-corrected chi connectivity index (χ2v) is 13.7. The van der Waals surface area contributed by atoms with Crippen LogP contribution in [0.4, 0.5) is 43.4 Å². The molecule has 0 radical (unpaired) electrons. The average Bonchev–Trinajstić information content (AvgIpc) is 3.51. The third-order valence-corrected chi connectivity index (χ3v) is 11.3. The Hall–Kier alpha value is -4.57. The van der Waals surface area contributed by atoms with Crippen LogP contribution in [0.3, 0.4) is 0 Å². The van der Waals surface area contributed by atoms with Crippen LogP contribution in [0.2, 0.25) is 0 Å². The van der Waals surface area contributed by atoms with Gasteiger partial charge in [-0.15, -0.1) is 0 Å². The number of imide groups is 1. The molecule has 0 bridgehead atoms. The molecule has 0 saturated carbocycles. The maximum atomic E-state index is 14.2. The first-order chi connectivity index (χ1) is 23.6. The van der Waals surface area contributed by atoms with Crippen molar-refractivity contribution < 1.29 is 40.7 Å². The van der Waals surface area contributed by atoms with Crippen LogP contribution in [0.1, 0.15) is 41.3 Å². The average molecular weight is 735 g/mol. The van der Waals surface area contributed by atoms with Crippen LogP contribution >= 0.6 is 23.1 Å². The van der Waals surface area contributed by atoms with Crippen molar-refractivity contribution in [2.45, 2.75) is 48.9 Å². The second kappa shape index (κ2) is 13.3. The number of para-hydroxylation sites is 2. The molecule has 262 valence electrons. The zero-order valence-electron chi connectivity index (χ0n) is 26.3. The van der Waals surface area contributed by atoms with E-state index in [9.17, 15) is 45.5 Å². The van der Waals surface area contributed by atoms with Crippen LogP contribution in [0.25, 0.3) is 0 Å². The number of fused-ring (bicyclic) bond motifs is 2. The van der Waals surface area contributed by atoms with Gasteiger partial charge in [0.1, 0.15) is 11.8 Å². The monoisotopic (exact) mass is 734 g/mol. The number of nitrogens with one attached hydrogen (secondary N) is 1. The highest BCUT2D eigenvalue weighted by Crippen LogP contribution is 2.54. The highest BCUT2D eigenvalue weighted by molar-refractivity contribution is 8.00. The maximum Gasteiger partial charge on any atom is 0.418 e. The second-order valence-electron chi connectivity index (χ2n) is 11.5. The number of benzene rings is 3. The van der Waals surface area contributed by atoms with Gasteiger partial charge in [0.25, 0.3) is 0 Å². The van der Waals surface area contributed by atoms with Crippen molar-refractivity contribution in [3.8, 4) is 0 Å². The summed E-state index contributed by atoms with van der Waals surface area (Å²) in [5.41, 5.74) is -2.03. The van der Waals surface area contributed by atoms with Crippen LogP contribution in [0, 0.1) is 5.92 Å². The topological polar surface area (TPSA) is 91.7 Å². The zero-order chi connectivity index (χ0) is 36.1. The van der Waals surface area contributed by atoms with Gasteiger partial charge in [-0.2, -0.15) is 26.3 Å². The number of thiazole rings is 1. The molecule has 1 aromatic heterocycles. The molecule has 3 heterocycles. The number of thioether (sulfide) groups is 1. The Morgan fingerprint density at radius 2 is 1.42 bits per heavy atom.